The number of nitrogens with one attached hydrogen (secondary N) is 1. The molecule has 0 bridgehead atoms. The van der Waals surface area contributed by atoms with Gasteiger partial charge in [-0.25, -0.2) is 0 Å². The van der Waals surface area contributed by atoms with E-state index in [1.807, 2.05) is 24.3 Å². The number of dihydropyridines is 1. The summed E-state index contributed by atoms with van der Waals surface area (Å²) in [5, 5.41) is 3.49. The van der Waals surface area contributed by atoms with Gasteiger partial charge in [-0.3, -0.25) is 9.59 Å². The summed E-state index contributed by atoms with van der Waals surface area (Å²) < 4.78 is 5.58. The first-order chi connectivity index (χ1) is 12.4. The second-order valence-electron chi connectivity index (χ2n) is 8.30. The van der Waals surface area contributed by atoms with Crippen molar-refractivity contribution in [3.63, 3.8) is 0 Å². The SMILES string of the molecule is COc1ccccc1C1C2=C(CCCC2=O)NC2=C1C(=O)CC(C)(C)C2. The number of hydrogen-bond acceptors (Lipinski definition) is 4. The summed E-state index contributed by atoms with van der Waals surface area (Å²) in [6.45, 7) is 4.26. The highest BCUT2D eigenvalue weighted by Gasteiger charge is 2.44. The number of rotatable bonds is 2. The molecule has 0 saturated carbocycles. The lowest BCUT2D eigenvalue weighted by atomic mass is 9.67. The quantitative estimate of drug-likeness (QED) is 0.874. The minimum atomic E-state index is -0.311. The maximum atomic E-state index is 13.1. The highest BCUT2D eigenvalue weighted by molar-refractivity contribution is 6.06. The van der Waals surface area contributed by atoms with E-state index in [2.05, 4.69) is 19.2 Å². The Hall–Kier alpha value is -2.36. The normalized spacial score (nSPS) is 24.8. The fraction of sp³-hybridized carbons (Fsp3) is 0.455. The molecular formula is C22H25NO3. The Morgan fingerprint density at radius 3 is 2.50 bits per heavy atom. The van der Waals surface area contributed by atoms with Crippen molar-refractivity contribution in [3.8, 4) is 5.75 Å². The first kappa shape index (κ1) is 17.1. The number of methoxy groups -OCH3 is 1. The van der Waals surface area contributed by atoms with Gasteiger partial charge in [0.25, 0.3) is 0 Å². The van der Waals surface area contributed by atoms with Gasteiger partial charge < -0.3 is 10.1 Å². The fourth-order valence-electron chi connectivity index (χ4n) is 4.65. The Kier molecular flexibility index (Phi) is 4.02. The van der Waals surface area contributed by atoms with Gasteiger partial charge in [-0.15, -0.1) is 0 Å². The molecule has 2 aliphatic carbocycles. The van der Waals surface area contributed by atoms with Gasteiger partial charge in [0.05, 0.1) is 7.11 Å². The third-order valence-electron chi connectivity index (χ3n) is 5.71. The van der Waals surface area contributed by atoms with Crippen molar-refractivity contribution in [2.45, 2.75) is 51.9 Å². The maximum Gasteiger partial charge on any atom is 0.162 e. The number of ketones is 2. The van der Waals surface area contributed by atoms with Crippen LogP contribution in [0.25, 0.3) is 0 Å². The third-order valence-corrected chi connectivity index (χ3v) is 5.71. The summed E-state index contributed by atoms with van der Waals surface area (Å²) in [5.74, 6) is 0.714. The van der Waals surface area contributed by atoms with Crippen molar-refractivity contribution in [3.05, 3.63) is 52.4 Å². The van der Waals surface area contributed by atoms with Gasteiger partial charge in [0.1, 0.15) is 5.75 Å². The molecule has 0 saturated heterocycles. The Morgan fingerprint density at radius 1 is 1.00 bits per heavy atom. The Morgan fingerprint density at radius 2 is 1.73 bits per heavy atom. The van der Waals surface area contributed by atoms with E-state index in [1.54, 1.807) is 7.11 Å². The predicted molar refractivity (Wildman–Crippen MR) is 99.8 cm³/mol. The minimum absolute atomic E-state index is 0.0645. The van der Waals surface area contributed by atoms with Crippen molar-refractivity contribution in [1.29, 1.82) is 0 Å². The van der Waals surface area contributed by atoms with Crippen molar-refractivity contribution in [1.82, 2.24) is 5.32 Å². The van der Waals surface area contributed by atoms with E-state index >= 15 is 0 Å². The Bertz CT molecular complexity index is 860. The molecule has 4 nitrogen and oxygen atoms in total. The van der Waals surface area contributed by atoms with E-state index in [9.17, 15) is 9.59 Å². The molecule has 1 heterocycles. The van der Waals surface area contributed by atoms with Crippen LogP contribution in [-0.4, -0.2) is 18.7 Å². The molecule has 26 heavy (non-hydrogen) atoms. The van der Waals surface area contributed by atoms with E-state index in [-0.39, 0.29) is 22.9 Å². The van der Waals surface area contributed by atoms with Crippen LogP contribution < -0.4 is 10.1 Å². The van der Waals surface area contributed by atoms with Gasteiger partial charge in [0, 0.05) is 46.9 Å². The lowest BCUT2D eigenvalue weighted by Gasteiger charge is -2.41. The fourth-order valence-corrected chi connectivity index (χ4v) is 4.65. The van der Waals surface area contributed by atoms with Crippen LogP contribution in [0.2, 0.25) is 0 Å². The molecule has 4 heteroatoms. The molecular weight excluding hydrogens is 326 g/mol. The molecule has 136 valence electrons. The molecule has 1 unspecified atom stereocenters. The first-order valence-electron chi connectivity index (χ1n) is 9.34. The zero-order valence-corrected chi connectivity index (χ0v) is 15.6. The minimum Gasteiger partial charge on any atom is -0.496 e. The number of allylic oxidation sites excluding steroid dienone is 4. The van der Waals surface area contributed by atoms with Gasteiger partial charge in [-0.05, 0) is 30.7 Å². The van der Waals surface area contributed by atoms with E-state index in [1.165, 1.54) is 0 Å². The number of hydrogen-bond donors (Lipinski definition) is 1. The maximum absolute atomic E-state index is 13.1. The monoisotopic (exact) mass is 351 g/mol. The molecule has 0 amide bonds. The number of ether oxygens (including phenoxy) is 1. The largest absolute Gasteiger partial charge is 0.496 e. The highest BCUT2D eigenvalue weighted by atomic mass is 16.5. The van der Waals surface area contributed by atoms with Gasteiger partial charge in [0.15, 0.2) is 11.6 Å². The number of Topliss-reactive ketones (excluding diaryl/α,β-unsaturated/α-hetero) is 2. The summed E-state index contributed by atoms with van der Waals surface area (Å²) >= 11 is 0. The molecule has 1 N–H and O–H groups in total. The molecule has 1 aromatic carbocycles. The van der Waals surface area contributed by atoms with Gasteiger partial charge in [0.2, 0.25) is 0 Å². The second-order valence-corrected chi connectivity index (χ2v) is 8.30. The molecule has 4 rings (SSSR count). The van der Waals surface area contributed by atoms with E-state index in [4.69, 9.17) is 4.74 Å². The summed E-state index contributed by atoms with van der Waals surface area (Å²) in [5.41, 5.74) is 4.39. The lowest BCUT2D eigenvalue weighted by Crippen LogP contribution is -2.40. The summed E-state index contributed by atoms with van der Waals surface area (Å²) in [4.78, 5) is 26.0. The lowest BCUT2D eigenvalue weighted by molar-refractivity contribution is -0.118. The van der Waals surface area contributed by atoms with E-state index in [0.717, 1.165) is 53.1 Å². The van der Waals surface area contributed by atoms with E-state index < -0.39 is 0 Å². The molecule has 1 aromatic rings. The van der Waals surface area contributed by atoms with Crippen LogP contribution in [0.3, 0.4) is 0 Å². The van der Waals surface area contributed by atoms with Crippen LogP contribution in [0.4, 0.5) is 0 Å². The zero-order chi connectivity index (χ0) is 18.5. The predicted octanol–water partition coefficient (Wildman–Crippen LogP) is 4.03. The van der Waals surface area contributed by atoms with Gasteiger partial charge in [-0.2, -0.15) is 0 Å². The Labute approximate surface area is 154 Å². The number of carbonyl (C=O) groups is 2. The molecule has 0 aromatic heterocycles. The first-order valence-corrected chi connectivity index (χ1v) is 9.34. The zero-order valence-electron chi connectivity index (χ0n) is 15.6. The molecule has 1 aliphatic heterocycles. The van der Waals surface area contributed by atoms with Gasteiger partial charge in [-0.1, -0.05) is 32.0 Å². The number of para-hydroxylation sites is 1. The number of benzene rings is 1. The highest BCUT2D eigenvalue weighted by Crippen LogP contribution is 2.50. The van der Waals surface area contributed by atoms with Crippen LogP contribution in [0.5, 0.6) is 5.75 Å². The van der Waals surface area contributed by atoms with Crippen LogP contribution in [0.15, 0.2) is 46.8 Å². The smallest absolute Gasteiger partial charge is 0.162 e. The molecule has 0 spiro atoms. The van der Waals surface area contributed by atoms with Crippen LogP contribution in [0, 0.1) is 5.41 Å². The standard InChI is InChI=1S/C22H25NO3/c1-22(2)11-15-21(17(25)12-22)19(13-7-4-5-10-18(13)26-3)20-14(23-15)8-6-9-16(20)24/h4-5,7,10,19,23H,6,8-9,11-12H2,1-3H3. The van der Waals surface area contributed by atoms with Crippen LogP contribution in [0.1, 0.15) is 57.4 Å². The molecule has 3 aliphatic rings. The average Bonchev–Trinajstić information content (AvgIpc) is 2.59. The van der Waals surface area contributed by atoms with Crippen LogP contribution >= 0.6 is 0 Å². The summed E-state index contributed by atoms with van der Waals surface area (Å²) in [6.07, 6.45) is 3.61. The molecule has 0 fully saturated rings. The van der Waals surface area contributed by atoms with Gasteiger partial charge >= 0.3 is 0 Å². The second kappa shape index (κ2) is 6.11. The summed E-state index contributed by atoms with van der Waals surface area (Å²) in [7, 11) is 1.64. The molecule has 0 radical (unpaired) electrons. The van der Waals surface area contributed by atoms with Crippen molar-refractivity contribution in [2.75, 3.05) is 7.11 Å². The Balaban J connectivity index is 1.94. The average molecular weight is 351 g/mol. The van der Waals surface area contributed by atoms with Crippen molar-refractivity contribution >= 4 is 11.6 Å². The number of carbonyl (C=O) groups excluding carboxylic acids is 2. The molecule has 1 atom stereocenters. The van der Waals surface area contributed by atoms with Crippen molar-refractivity contribution in [2.24, 2.45) is 5.41 Å². The van der Waals surface area contributed by atoms with Crippen molar-refractivity contribution < 1.29 is 14.3 Å². The van der Waals surface area contributed by atoms with E-state index in [0.29, 0.717) is 12.8 Å². The topological polar surface area (TPSA) is 55.4 Å². The van der Waals surface area contributed by atoms with Crippen LogP contribution in [-0.2, 0) is 9.59 Å². The summed E-state index contributed by atoms with van der Waals surface area (Å²) in [6, 6.07) is 7.76. The third kappa shape index (κ3) is 2.68.